The zero-order valence-electron chi connectivity index (χ0n) is 10.2. The highest BCUT2D eigenvalue weighted by atomic mass is 16.5. The lowest BCUT2D eigenvalue weighted by molar-refractivity contribution is -0.132. The van der Waals surface area contributed by atoms with Crippen LogP contribution in [-0.2, 0) is 4.79 Å². The van der Waals surface area contributed by atoms with Gasteiger partial charge in [0.2, 0.25) is 0 Å². The fourth-order valence-corrected chi connectivity index (χ4v) is 1.46. The molecule has 1 N–H and O–H groups in total. The molecule has 1 rings (SSSR count). The summed E-state index contributed by atoms with van der Waals surface area (Å²) in [4.78, 5) is 10.9. The van der Waals surface area contributed by atoms with Gasteiger partial charge >= 0.3 is 5.97 Å². The molecule has 0 bridgehead atoms. The predicted molar refractivity (Wildman–Crippen MR) is 65.4 cm³/mol. The van der Waals surface area contributed by atoms with Gasteiger partial charge in [-0.3, -0.25) is 0 Å². The molecule has 0 unspecified atom stereocenters. The number of rotatable bonds is 5. The fraction of sp³-hybridized carbons (Fsp3) is 0.308. The highest BCUT2D eigenvalue weighted by molar-refractivity contribution is 5.92. The van der Waals surface area contributed by atoms with Gasteiger partial charge in [0, 0.05) is 5.57 Å². The highest BCUT2D eigenvalue weighted by Gasteiger charge is 2.07. The fourth-order valence-electron chi connectivity index (χ4n) is 1.46. The first-order valence-electron chi connectivity index (χ1n) is 5.28. The summed E-state index contributed by atoms with van der Waals surface area (Å²) in [5.41, 5.74) is 1.14. The first-order chi connectivity index (χ1) is 8.12. The zero-order valence-corrected chi connectivity index (χ0v) is 10.2. The van der Waals surface area contributed by atoms with E-state index in [2.05, 4.69) is 0 Å². The zero-order chi connectivity index (χ0) is 12.8. The van der Waals surface area contributed by atoms with E-state index in [9.17, 15) is 4.79 Å². The van der Waals surface area contributed by atoms with Gasteiger partial charge in [-0.15, -0.1) is 0 Å². The number of ether oxygens (including phenoxy) is 2. The van der Waals surface area contributed by atoms with E-state index in [4.69, 9.17) is 14.6 Å². The van der Waals surface area contributed by atoms with E-state index < -0.39 is 5.97 Å². The SMILES string of the molecule is CC/C(=C\c1ccc(OC)c(OC)c1)C(=O)O. The van der Waals surface area contributed by atoms with Gasteiger partial charge in [0.05, 0.1) is 14.2 Å². The van der Waals surface area contributed by atoms with E-state index in [1.807, 2.05) is 0 Å². The van der Waals surface area contributed by atoms with Crippen LogP contribution in [0.5, 0.6) is 11.5 Å². The Morgan fingerprint density at radius 3 is 2.41 bits per heavy atom. The molecule has 0 saturated carbocycles. The summed E-state index contributed by atoms with van der Waals surface area (Å²) in [5.74, 6) is 0.308. The molecule has 0 fully saturated rings. The van der Waals surface area contributed by atoms with Crippen LogP contribution in [0, 0.1) is 0 Å². The van der Waals surface area contributed by atoms with Crippen molar-refractivity contribution in [2.75, 3.05) is 14.2 Å². The monoisotopic (exact) mass is 236 g/mol. The van der Waals surface area contributed by atoms with E-state index in [-0.39, 0.29) is 0 Å². The molecule has 0 radical (unpaired) electrons. The third kappa shape index (κ3) is 3.24. The van der Waals surface area contributed by atoms with E-state index in [1.54, 1.807) is 45.4 Å². The van der Waals surface area contributed by atoms with Crippen LogP contribution >= 0.6 is 0 Å². The second-order valence-corrected chi connectivity index (χ2v) is 3.44. The van der Waals surface area contributed by atoms with Crippen molar-refractivity contribution in [2.24, 2.45) is 0 Å². The van der Waals surface area contributed by atoms with Gasteiger partial charge in [0.25, 0.3) is 0 Å². The molecule has 92 valence electrons. The molecule has 0 spiro atoms. The smallest absolute Gasteiger partial charge is 0.331 e. The van der Waals surface area contributed by atoms with Crippen LogP contribution in [0.2, 0.25) is 0 Å². The molecule has 0 amide bonds. The van der Waals surface area contributed by atoms with Crippen LogP contribution < -0.4 is 9.47 Å². The summed E-state index contributed by atoms with van der Waals surface area (Å²) >= 11 is 0. The summed E-state index contributed by atoms with van der Waals surface area (Å²) in [5, 5.41) is 8.94. The minimum atomic E-state index is -0.901. The lowest BCUT2D eigenvalue weighted by Gasteiger charge is -2.08. The summed E-state index contributed by atoms with van der Waals surface area (Å²) in [6, 6.07) is 5.29. The molecule has 0 aromatic heterocycles. The average molecular weight is 236 g/mol. The van der Waals surface area contributed by atoms with Crippen LogP contribution in [0.25, 0.3) is 6.08 Å². The first kappa shape index (κ1) is 13.1. The Morgan fingerprint density at radius 1 is 1.29 bits per heavy atom. The van der Waals surface area contributed by atoms with Gasteiger partial charge in [-0.05, 0) is 30.2 Å². The molecule has 0 aliphatic heterocycles. The summed E-state index contributed by atoms with van der Waals surface area (Å²) in [6.45, 7) is 1.81. The van der Waals surface area contributed by atoms with Gasteiger partial charge in [0.1, 0.15) is 0 Å². The maximum atomic E-state index is 10.9. The van der Waals surface area contributed by atoms with Gasteiger partial charge in [-0.2, -0.15) is 0 Å². The van der Waals surface area contributed by atoms with Crippen molar-refractivity contribution in [2.45, 2.75) is 13.3 Å². The number of methoxy groups -OCH3 is 2. The second kappa shape index (κ2) is 5.94. The molecule has 0 heterocycles. The number of hydrogen-bond donors (Lipinski definition) is 1. The highest BCUT2D eigenvalue weighted by Crippen LogP contribution is 2.28. The van der Waals surface area contributed by atoms with Crippen molar-refractivity contribution in [3.05, 3.63) is 29.3 Å². The van der Waals surface area contributed by atoms with Crippen LogP contribution in [0.15, 0.2) is 23.8 Å². The normalized spacial score (nSPS) is 11.1. The number of benzene rings is 1. The largest absolute Gasteiger partial charge is 0.493 e. The molecule has 17 heavy (non-hydrogen) atoms. The summed E-state index contributed by atoms with van der Waals surface area (Å²) in [7, 11) is 3.10. The van der Waals surface area contributed by atoms with Crippen molar-refractivity contribution < 1.29 is 19.4 Å². The summed E-state index contributed by atoms with van der Waals surface area (Å²) in [6.07, 6.45) is 2.11. The van der Waals surface area contributed by atoms with Crippen LogP contribution in [0.1, 0.15) is 18.9 Å². The van der Waals surface area contributed by atoms with E-state index >= 15 is 0 Å². The molecule has 1 aromatic rings. The van der Waals surface area contributed by atoms with Crippen LogP contribution in [-0.4, -0.2) is 25.3 Å². The quantitative estimate of drug-likeness (QED) is 0.798. The molecule has 0 aliphatic carbocycles. The third-order valence-electron chi connectivity index (χ3n) is 2.40. The lowest BCUT2D eigenvalue weighted by atomic mass is 10.1. The molecule has 0 aliphatic rings. The minimum Gasteiger partial charge on any atom is -0.493 e. The molecule has 1 aromatic carbocycles. The van der Waals surface area contributed by atoms with Crippen molar-refractivity contribution >= 4 is 12.0 Å². The molecule has 0 atom stereocenters. The maximum absolute atomic E-state index is 10.9. The summed E-state index contributed by atoms with van der Waals surface area (Å²) < 4.78 is 10.3. The second-order valence-electron chi connectivity index (χ2n) is 3.44. The maximum Gasteiger partial charge on any atom is 0.331 e. The Hall–Kier alpha value is -1.97. The Bertz CT molecular complexity index is 435. The van der Waals surface area contributed by atoms with Gasteiger partial charge in [-0.25, -0.2) is 4.79 Å². The third-order valence-corrected chi connectivity index (χ3v) is 2.40. The van der Waals surface area contributed by atoms with Crippen molar-refractivity contribution in [3.8, 4) is 11.5 Å². The molecule has 4 heteroatoms. The van der Waals surface area contributed by atoms with Crippen molar-refractivity contribution in [3.63, 3.8) is 0 Å². The van der Waals surface area contributed by atoms with Crippen molar-refractivity contribution in [1.29, 1.82) is 0 Å². The topological polar surface area (TPSA) is 55.8 Å². The Kier molecular flexibility index (Phi) is 4.57. The number of carbonyl (C=O) groups is 1. The van der Waals surface area contributed by atoms with Gasteiger partial charge in [-0.1, -0.05) is 13.0 Å². The minimum absolute atomic E-state index is 0.359. The number of carboxylic acid groups (broad SMARTS) is 1. The standard InChI is InChI=1S/C13H16O4/c1-4-10(13(14)15)7-9-5-6-11(16-2)12(8-9)17-3/h5-8H,4H2,1-3H3,(H,14,15)/b10-7+. The first-order valence-corrected chi connectivity index (χ1v) is 5.28. The predicted octanol–water partition coefficient (Wildman–Crippen LogP) is 2.58. The number of hydrogen-bond acceptors (Lipinski definition) is 3. The molecular weight excluding hydrogens is 220 g/mol. The Balaban J connectivity index is 3.11. The molecular formula is C13H16O4. The Morgan fingerprint density at radius 2 is 1.94 bits per heavy atom. The Labute approximate surface area is 100 Å². The van der Waals surface area contributed by atoms with Crippen molar-refractivity contribution in [1.82, 2.24) is 0 Å². The van der Waals surface area contributed by atoms with Crippen LogP contribution in [0.4, 0.5) is 0 Å². The number of aliphatic carboxylic acids is 1. The molecule has 0 saturated heterocycles. The average Bonchev–Trinajstić information content (AvgIpc) is 2.35. The van der Waals surface area contributed by atoms with Crippen LogP contribution in [0.3, 0.4) is 0 Å². The van der Waals surface area contributed by atoms with E-state index in [0.717, 1.165) is 5.56 Å². The lowest BCUT2D eigenvalue weighted by Crippen LogP contribution is -1.99. The number of carboxylic acids is 1. The van der Waals surface area contributed by atoms with Gasteiger partial charge in [0.15, 0.2) is 11.5 Å². The van der Waals surface area contributed by atoms with Gasteiger partial charge < -0.3 is 14.6 Å². The van der Waals surface area contributed by atoms with E-state index in [1.165, 1.54) is 0 Å². The molecule has 4 nitrogen and oxygen atoms in total. The van der Waals surface area contributed by atoms with E-state index in [0.29, 0.717) is 23.5 Å².